The third-order valence-corrected chi connectivity index (χ3v) is 7.12. The molecule has 0 radical (unpaired) electrons. The Balaban J connectivity index is 2.42. The van der Waals surface area contributed by atoms with Gasteiger partial charge in [-0.2, -0.15) is 0 Å². The van der Waals surface area contributed by atoms with Crippen LogP contribution in [0.1, 0.15) is 77.8 Å². The van der Waals surface area contributed by atoms with Gasteiger partial charge in [0.1, 0.15) is 23.7 Å². The molecule has 13 nitrogen and oxygen atoms in total. The van der Waals surface area contributed by atoms with Crippen LogP contribution < -0.4 is 38.1 Å². The molecule has 1 aliphatic heterocycles. The maximum Gasteiger partial charge on any atom is 0.247 e. The van der Waals surface area contributed by atoms with Crippen LogP contribution in [0.25, 0.3) is 0 Å². The first kappa shape index (κ1) is 34.0. The normalized spacial score (nSPS) is 24.5. The van der Waals surface area contributed by atoms with E-state index in [9.17, 15) is 24.0 Å². The number of nitrogens with zero attached hydrogens (tertiary/aromatic N) is 1. The van der Waals surface area contributed by atoms with E-state index in [4.69, 9.17) is 11.5 Å². The molecule has 2 unspecified atom stereocenters. The van der Waals surface area contributed by atoms with E-state index in [0.29, 0.717) is 31.4 Å². The largest absolute Gasteiger partial charge is 0.370 e. The fraction of sp³-hybridized carbons (Fsp3) is 0.586. The smallest absolute Gasteiger partial charge is 0.247 e. The van der Waals surface area contributed by atoms with Gasteiger partial charge in [-0.15, -0.1) is 0 Å². The summed E-state index contributed by atoms with van der Waals surface area (Å²) in [5.74, 6) is -2.82. The lowest BCUT2D eigenvalue weighted by molar-refractivity contribution is -0.137. The first-order valence-corrected chi connectivity index (χ1v) is 14.5. The van der Waals surface area contributed by atoms with Gasteiger partial charge < -0.3 is 38.1 Å². The van der Waals surface area contributed by atoms with Crippen molar-refractivity contribution in [1.29, 1.82) is 0 Å². The van der Waals surface area contributed by atoms with Gasteiger partial charge in [-0.05, 0) is 51.0 Å². The SMILES string of the molecule is CCC1NC(=O)[C@H](CCCN=C(N)N)NC(=O)[C@](C)(NC(=O)C(C)C)CCCCNC(=O)C(c2ccccc2)NC1=O. The molecule has 13 heteroatoms. The number of hydrogen-bond acceptors (Lipinski definition) is 6. The van der Waals surface area contributed by atoms with Gasteiger partial charge in [-0.3, -0.25) is 29.0 Å². The van der Waals surface area contributed by atoms with Gasteiger partial charge in [0.2, 0.25) is 29.5 Å². The average molecular weight is 587 g/mol. The number of benzene rings is 1. The minimum atomic E-state index is -1.32. The van der Waals surface area contributed by atoms with E-state index in [1.54, 1.807) is 52.0 Å². The van der Waals surface area contributed by atoms with Gasteiger partial charge in [0.25, 0.3) is 0 Å². The standard InChI is InChI=1S/C29H46N8O5/c1-5-20-24(39)36-22(19-12-7-6-8-13-19)26(41)32-16-10-9-15-29(4,37-23(38)18(2)3)27(42)35-21(25(40)34-20)14-11-17-33-28(30)31/h6-8,12-13,18,20-22H,5,9-11,14-17H2,1-4H3,(H,32,41)(H,34,40)(H,35,42)(H,36,39)(H,37,38)(H4,30,31,33)/t20?,21-,22?,29+/m0/s1. The van der Waals surface area contributed by atoms with Crippen LogP contribution in [0.5, 0.6) is 0 Å². The first-order valence-electron chi connectivity index (χ1n) is 14.5. The predicted molar refractivity (Wildman–Crippen MR) is 160 cm³/mol. The summed E-state index contributed by atoms with van der Waals surface area (Å²) >= 11 is 0. The summed E-state index contributed by atoms with van der Waals surface area (Å²) in [6.07, 6.45) is 2.05. The van der Waals surface area contributed by atoms with E-state index in [2.05, 4.69) is 31.6 Å². The minimum Gasteiger partial charge on any atom is -0.370 e. The fourth-order valence-corrected chi connectivity index (χ4v) is 4.47. The number of nitrogens with one attached hydrogen (secondary N) is 5. The first-order chi connectivity index (χ1) is 19.9. The van der Waals surface area contributed by atoms with Crippen LogP contribution in [-0.2, 0) is 24.0 Å². The lowest BCUT2D eigenvalue weighted by Gasteiger charge is -2.33. The van der Waals surface area contributed by atoms with Gasteiger partial charge in [0, 0.05) is 19.0 Å². The number of aliphatic imine (C=N–C) groups is 1. The number of carbonyl (C=O) groups is 5. The second-order valence-corrected chi connectivity index (χ2v) is 11.0. The Morgan fingerprint density at radius 3 is 2.29 bits per heavy atom. The highest BCUT2D eigenvalue weighted by Crippen LogP contribution is 2.18. The van der Waals surface area contributed by atoms with Crippen molar-refractivity contribution in [1.82, 2.24) is 26.6 Å². The number of rotatable bonds is 8. The van der Waals surface area contributed by atoms with Crippen LogP contribution in [0.15, 0.2) is 35.3 Å². The highest BCUT2D eigenvalue weighted by molar-refractivity contribution is 5.97. The summed E-state index contributed by atoms with van der Waals surface area (Å²) in [4.78, 5) is 70.2. The Hall–Kier alpha value is -4.16. The van der Waals surface area contributed by atoms with Gasteiger partial charge in [-0.25, -0.2) is 0 Å². The van der Waals surface area contributed by atoms with Crippen molar-refractivity contribution in [2.24, 2.45) is 22.4 Å². The highest BCUT2D eigenvalue weighted by atomic mass is 16.2. The molecule has 5 amide bonds. The van der Waals surface area contributed by atoms with Gasteiger partial charge in [0.15, 0.2) is 5.96 Å². The fourth-order valence-electron chi connectivity index (χ4n) is 4.47. The maximum atomic E-state index is 13.6. The molecule has 0 spiro atoms. The van der Waals surface area contributed by atoms with Gasteiger partial charge in [0.05, 0.1) is 0 Å². The summed E-state index contributed by atoms with van der Waals surface area (Å²) in [6, 6.07) is 5.86. The van der Waals surface area contributed by atoms with Crippen LogP contribution in [0.2, 0.25) is 0 Å². The molecule has 1 heterocycles. The quantitative estimate of drug-likeness (QED) is 0.127. The second-order valence-electron chi connectivity index (χ2n) is 11.0. The number of hydrogen-bond donors (Lipinski definition) is 7. The molecule has 1 aromatic carbocycles. The van der Waals surface area contributed by atoms with Gasteiger partial charge in [-0.1, -0.05) is 51.1 Å². The molecule has 1 saturated heterocycles. The van der Waals surface area contributed by atoms with E-state index in [0.717, 1.165) is 0 Å². The van der Waals surface area contributed by atoms with Crippen LogP contribution >= 0.6 is 0 Å². The Kier molecular flexibility index (Phi) is 13.2. The van der Waals surface area contributed by atoms with Crippen molar-refractivity contribution in [2.45, 2.75) is 89.9 Å². The maximum absolute atomic E-state index is 13.6. The Bertz CT molecular complexity index is 1120. The molecule has 42 heavy (non-hydrogen) atoms. The van der Waals surface area contributed by atoms with Crippen LogP contribution in [-0.4, -0.2) is 66.2 Å². The summed E-state index contributed by atoms with van der Waals surface area (Å²) in [7, 11) is 0. The lowest BCUT2D eigenvalue weighted by atomic mass is 9.91. The molecule has 4 atom stereocenters. The molecule has 1 aliphatic rings. The van der Waals surface area contributed by atoms with E-state index in [1.807, 2.05) is 6.07 Å². The van der Waals surface area contributed by atoms with E-state index in [1.165, 1.54) is 0 Å². The lowest BCUT2D eigenvalue weighted by Crippen LogP contribution is -2.62. The number of nitrogens with two attached hydrogens (primary N) is 2. The van der Waals surface area contributed by atoms with Crippen molar-refractivity contribution in [2.75, 3.05) is 13.1 Å². The Labute approximate surface area is 247 Å². The highest BCUT2D eigenvalue weighted by Gasteiger charge is 2.38. The van der Waals surface area contributed by atoms with Crippen LogP contribution in [0, 0.1) is 5.92 Å². The summed E-state index contributed by atoms with van der Waals surface area (Å²) in [5, 5.41) is 14.0. The molecule has 232 valence electrons. The molecule has 1 aromatic rings. The molecular formula is C29H46N8O5. The van der Waals surface area contributed by atoms with Crippen LogP contribution in [0.3, 0.4) is 0 Å². The zero-order valence-electron chi connectivity index (χ0n) is 25.0. The zero-order valence-corrected chi connectivity index (χ0v) is 25.0. The van der Waals surface area contributed by atoms with Crippen molar-refractivity contribution >= 4 is 35.5 Å². The van der Waals surface area contributed by atoms with Crippen molar-refractivity contribution in [3.05, 3.63) is 35.9 Å². The van der Waals surface area contributed by atoms with Crippen LogP contribution in [0.4, 0.5) is 0 Å². The molecular weight excluding hydrogens is 540 g/mol. The topological polar surface area (TPSA) is 210 Å². The average Bonchev–Trinajstić information content (AvgIpc) is 2.95. The Morgan fingerprint density at radius 2 is 1.67 bits per heavy atom. The summed E-state index contributed by atoms with van der Waals surface area (Å²) < 4.78 is 0. The molecule has 0 aromatic heterocycles. The third-order valence-electron chi connectivity index (χ3n) is 7.12. The molecule has 2 rings (SSSR count). The number of amides is 5. The predicted octanol–water partition coefficient (Wildman–Crippen LogP) is 0.108. The molecule has 0 bridgehead atoms. The van der Waals surface area contributed by atoms with Crippen molar-refractivity contribution < 1.29 is 24.0 Å². The molecule has 0 saturated carbocycles. The van der Waals surface area contributed by atoms with E-state index in [-0.39, 0.29) is 43.6 Å². The summed E-state index contributed by atoms with van der Waals surface area (Å²) in [5.41, 5.74) is 10.1. The summed E-state index contributed by atoms with van der Waals surface area (Å²) in [6.45, 7) is 7.32. The third kappa shape index (κ3) is 10.3. The Morgan fingerprint density at radius 1 is 1.00 bits per heavy atom. The molecule has 0 aliphatic carbocycles. The second kappa shape index (κ2) is 16.3. The molecule has 9 N–H and O–H groups in total. The number of guanidine groups is 1. The monoisotopic (exact) mass is 586 g/mol. The molecule has 1 fully saturated rings. The van der Waals surface area contributed by atoms with E-state index < -0.39 is 47.3 Å². The zero-order chi connectivity index (χ0) is 31.3. The van der Waals surface area contributed by atoms with Gasteiger partial charge >= 0.3 is 0 Å². The van der Waals surface area contributed by atoms with E-state index >= 15 is 0 Å². The number of carbonyl (C=O) groups excluding carboxylic acids is 5. The minimum absolute atomic E-state index is 0.0924. The van der Waals surface area contributed by atoms with Crippen molar-refractivity contribution in [3.63, 3.8) is 0 Å². The van der Waals surface area contributed by atoms with Crippen molar-refractivity contribution in [3.8, 4) is 0 Å².